The summed E-state index contributed by atoms with van der Waals surface area (Å²) in [6.45, 7) is 0.389. The number of methoxy groups -OCH3 is 1. The van der Waals surface area contributed by atoms with Crippen molar-refractivity contribution in [3.63, 3.8) is 0 Å². The van der Waals surface area contributed by atoms with E-state index in [1.165, 1.54) is 9.80 Å². The van der Waals surface area contributed by atoms with Gasteiger partial charge in [0.05, 0.1) is 13.7 Å². The second-order valence-corrected chi connectivity index (χ2v) is 4.93. The van der Waals surface area contributed by atoms with Crippen molar-refractivity contribution in [3.8, 4) is 5.75 Å². The maximum absolute atomic E-state index is 11.8. The molecule has 1 aromatic carbocycles. The molecule has 6 heteroatoms. The number of amides is 3. The zero-order chi connectivity index (χ0) is 13.3. The van der Waals surface area contributed by atoms with Crippen molar-refractivity contribution in [2.24, 2.45) is 0 Å². The fourth-order valence-electron chi connectivity index (χ4n) is 1.79. The first-order valence-electron chi connectivity index (χ1n) is 5.41. The summed E-state index contributed by atoms with van der Waals surface area (Å²) in [6, 6.07) is 5.19. The number of halogens is 1. The van der Waals surface area contributed by atoms with Gasteiger partial charge in [0.2, 0.25) is 0 Å². The lowest BCUT2D eigenvalue weighted by atomic mass is 10.2. The van der Waals surface area contributed by atoms with Crippen LogP contribution in [0.5, 0.6) is 5.75 Å². The van der Waals surface area contributed by atoms with Crippen LogP contribution in [0.4, 0.5) is 4.79 Å². The van der Waals surface area contributed by atoms with E-state index in [0.29, 0.717) is 5.75 Å². The minimum absolute atomic E-state index is 0.139. The molecule has 0 spiro atoms. The molecule has 0 radical (unpaired) electrons. The number of imide groups is 1. The highest BCUT2D eigenvalue weighted by molar-refractivity contribution is 9.10. The molecule has 0 aliphatic carbocycles. The molecular weight excluding hydrogens is 300 g/mol. The van der Waals surface area contributed by atoms with Crippen molar-refractivity contribution >= 4 is 27.9 Å². The maximum Gasteiger partial charge on any atom is 0.327 e. The largest absolute Gasteiger partial charge is 0.497 e. The van der Waals surface area contributed by atoms with Gasteiger partial charge in [-0.15, -0.1) is 0 Å². The number of rotatable bonds is 3. The summed E-state index contributed by atoms with van der Waals surface area (Å²) in [7, 11) is 3.19. The number of urea groups is 1. The molecule has 2 rings (SSSR count). The van der Waals surface area contributed by atoms with E-state index in [1.807, 2.05) is 18.2 Å². The van der Waals surface area contributed by atoms with E-state index in [1.54, 1.807) is 14.2 Å². The molecule has 0 aromatic heterocycles. The molecule has 5 nitrogen and oxygen atoms in total. The van der Waals surface area contributed by atoms with E-state index in [-0.39, 0.29) is 25.0 Å². The van der Waals surface area contributed by atoms with Crippen molar-refractivity contribution in [2.45, 2.75) is 6.54 Å². The second-order valence-electron chi connectivity index (χ2n) is 4.08. The van der Waals surface area contributed by atoms with Gasteiger partial charge in [0.15, 0.2) is 0 Å². The van der Waals surface area contributed by atoms with Crippen molar-refractivity contribution in [3.05, 3.63) is 28.2 Å². The summed E-state index contributed by atoms with van der Waals surface area (Å²) in [6.07, 6.45) is 0. The van der Waals surface area contributed by atoms with Crippen molar-refractivity contribution < 1.29 is 14.3 Å². The SMILES string of the molecule is COc1ccc(Br)c(CN2C(=O)CN(C)C2=O)c1. The summed E-state index contributed by atoms with van der Waals surface area (Å²) in [4.78, 5) is 26.1. The first kappa shape index (κ1) is 12.9. The number of hydrogen-bond donors (Lipinski definition) is 0. The lowest BCUT2D eigenvalue weighted by molar-refractivity contribution is -0.125. The van der Waals surface area contributed by atoms with Gasteiger partial charge in [-0.2, -0.15) is 0 Å². The second kappa shape index (κ2) is 4.97. The molecule has 1 aliphatic heterocycles. The Morgan fingerprint density at radius 3 is 2.67 bits per heavy atom. The quantitative estimate of drug-likeness (QED) is 0.800. The van der Waals surface area contributed by atoms with Crippen molar-refractivity contribution in [2.75, 3.05) is 20.7 Å². The number of carbonyl (C=O) groups is 2. The number of likely N-dealkylation sites (N-methyl/N-ethyl adjacent to an activating group) is 1. The molecular formula is C12H13BrN2O3. The Bertz CT molecular complexity index is 504. The molecule has 18 heavy (non-hydrogen) atoms. The summed E-state index contributed by atoms with van der Waals surface area (Å²) < 4.78 is 5.98. The fourth-order valence-corrected chi connectivity index (χ4v) is 2.17. The number of carbonyl (C=O) groups excluding carboxylic acids is 2. The van der Waals surface area contributed by atoms with Crippen molar-refractivity contribution in [1.29, 1.82) is 0 Å². The minimum Gasteiger partial charge on any atom is -0.497 e. The van der Waals surface area contributed by atoms with Gasteiger partial charge in [0.1, 0.15) is 12.3 Å². The van der Waals surface area contributed by atoms with Gasteiger partial charge in [-0.3, -0.25) is 9.69 Å². The highest BCUT2D eigenvalue weighted by Gasteiger charge is 2.33. The Morgan fingerprint density at radius 2 is 2.11 bits per heavy atom. The molecule has 1 saturated heterocycles. The van der Waals surface area contributed by atoms with Gasteiger partial charge in [0, 0.05) is 11.5 Å². The molecule has 1 fully saturated rings. The van der Waals surface area contributed by atoms with Gasteiger partial charge < -0.3 is 9.64 Å². The number of benzene rings is 1. The van der Waals surface area contributed by atoms with Crippen LogP contribution in [0.25, 0.3) is 0 Å². The number of hydrogen-bond acceptors (Lipinski definition) is 3. The Hall–Kier alpha value is -1.56. The van der Waals surface area contributed by atoms with E-state index >= 15 is 0 Å². The van der Waals surface area contributed by atoms with Crippen LogP contribution in [0.3, 0.4) is 0 Å². The van der Waals surface area contributed by atoms with E-state index in [0.717, 1.165) is 10.0 Å². The first-order valence-corrected chi connectivity index (χ1v) is 6.20. The normalized spacial score (nSPS) is 15.5. The van der Waals surface area contributed by atoms with Gasteiger partial charge in [-0.1, -0.05) is 15.9 Å². The highest BCUT2D eigenvalue weighted by Crippen LogP contribution is 2.25. The summed E-state index contributed by atoms with van der Waals surface area (Å²) in [5, 5.41) is 0. The average molecular weight is 313 g/mol. The molecule has 0 atom stereocenters. The van der Waals surface area contributed by atoms with Crippen LogP contribution in [-0.2, 0) is 11.3 Å². The van der Waals surface area contributed by atoms with Gasteiger partial charge in [0.25, 0.3) is 5.91 Å². The summed E-state index contributed by atoms with van der Waals surface area (Å²) >= 11 is 3.40. The molecule has 0 unspecified atom stereocenters. The van der Waals surface area contributed by atoms with E-state index in [2.05, 4.69) is 15.9 Å². The predicted molar refractivity (Wildman–Crippen MR) is 69.3 cm³/mol. The molecule has 3 amide bonds. The Balaban J connectivity index is 2.24. The van der Waals surface area contributed by atoms with Crippen LogP contribution in [0, 0.1) is 0 Å². The lowest BCUT2D eigenvalue weighted by Crippen LogP contribution is -2.31. The molecule has 1 aromatic rings. The molecule has 96 valence electrons. The number of ether oxygens (including phenoxy) is 1. The minimum atomic E-state index is -0.269. The molecule has 1 aliphatic rings. The zero-order valence-corrected chi connectivity index (χ0v) is 11.7. The monoisotopic (exact) mass is 312 g/mol. The van der Waals surface area contributed by atoms with Gasteiger partial charge in [-0.25, -0.2) is 4.79 Å². The highest BCUT2D eigenvalue weighted by atomic mass is 79.9. The fraction of sp³-hybridized carbons (Fsp3) is 0.333. The van der Waals surface area contributed by atoms with Crippen LogP contribution < -0.4 is 4.74 Å². The Kier molecular flexibility index (Phi) is 3.56. The zero-order valence-electron chi connectivity index (χ0n) is 10.1. The standard InChI is InChI=1S/C12H13BrN2O3/c1-14-7-11(16)15(12(14)17)6-8-5-9(18-2)3-4-10(8)13/h3-5H,6-7H2,1-2H3. The van der Waals surface area contributed by atoms with Crippen LogP contribution in [0.1, 0.15) is 5.56 Å². The van der Waals surface area contributed by atoms with Crippen LogP contribution in [0.15, 0.2) is 22.7 Å². The van der Waals surface area contributed by atoms with Crippen LogP contribution in [-0.4, -0.2) is 42.4 Å². The van der Waals surface area contributed by atoms with E-state index < -0.39 is 0 Å². The van der Waals surface area contributed by atoms with Crippen molar-refractivity contribution in [1.82, 2.24) is 9.80 Å². The first-order chi connectivity index (χ1) is 8.52. The Labute approximate surface area is 113 Å². The molecule has 0 saturated carbocycles. The third-order valence-electron chi connectivity index (χ3n) is 2.81. The van der Waals surface area contributed by atoms with E-state index in [9.17, 15) is 9.59 Å². The number of nitrogens with zero attached hydrogens (tertiary/aromatic N) is 2. The van der Waals surface area contributed by atoms with Crippen LogP contribution in [0.2, 0.25) is 0 Å². The third kappa shape index (κ3) is 2.33. The van der Waals surface area contributed by atoms with Crippen LogP contribution >= 0.6 is 15.9 Å². The van der Waals surface area contributed by atoms with E-state index in [4.69, 9.17) is 4.74 Å². The summed E-state index contributed by atoms with van der Waals surface area (Å²) in [5.41, 5.74) is 0.839. The smallest absolute Gasteiger partial charge is 0.327 e. The lowest BCUT2D eigenvalue weighted by Gasteiger charge is -2.15. The molecule has 0 N–H and O–H groups in total. The van der Waals surface area contributed by atoms with Gasteiger partial charge in [-0.05, 0) is 23.8 Å². The predicted octanol–water partition coefficient (Wildman–Crippen LogP) is 1.85. The average Bonchev–Trinajstić information content (AvgIpc) is 2.58. The Morgan fingerprint density at radius 1 is 1.39 bits per heavy atom. The summed E-state index contributed by atoms with van der Waals surface area (Å²) in [5.74, 6) is 0.512. The molecule has 1 heterocycles. The maximum atomic E-state index is 11.8. The van der Waals surface area contributed by atoms with Gasteiger partial charge >= 0.3 is 6.03 Å². The third-order valence-corrected chi connectivity index (χ3v) is 3.59. The topological polar surface area (TPSA) is 49.9 Å². The molecule has 0 bridgehead atoms.